The van der Waals surface area contributed by atoms with E-state index in [1.165, 1.54) is 11.1 Å². The molecule has 0 aliphatic heterocycles. The van der Waals surface area contributed by atoms with E-state index in [2.05, 4.69) is 67.3 Å². The maximum absolute atomic E-state index is 3.49. The summed E-state index contributed by atoms with van der Waals surface area (Å²) in [7, 11) is 0. The number of benzene rings is 1. The zero-order valence-corrected chi connectivity index (χ0v) is 18.0. The Morgan fingerprint density at radius 2 is 1.64 bits per heavy atom. The van der Waals surface area contributed by atoms with E-state index in [9.17, 15) is 0 Å². The minimum Gasteiger partial charge on any atom is -0.303 e. The maximum atomic E-state index is 3.49. The molecule has 2 rings (SSSR count). The second kappa shape index (κ2) is 15.0. The first-order chi connectivity index (χ1) is 8.85. The molecule has 5 heteroatoms. The van der Waals surface area contributed by atoms with Crippen LogP contribution in [0.2, 0.25) is 0 Å². The third-order valence-corrected chi connectivity index (χ3v) is 3.63. The van der Waals surface area contributed by atoms with Gasteiger partial charge >= 0.3 is 0 Å². The zero-order chi connectivity index (χ0) is 12.8. The van der Waals surface area contributed by atoms with E-state index in [4.69, 9.17) is 0 Å². The molecule has 0 aromatic heterocycles. The van der Waals surface area contributed by atoms with Crippen LogP contribution in [0.1, 0.15) is 31.7 Å². The third-order valence-electron chi connectivity index (χ3n) is 3.63. The molecule has 0 fully saturated rings. The van der Waals surface area contributed by atoms with Gasteiger partial charge in [-0.05, 0) is 24.6 Å². The smallest absolute Gasteiger partial charge is 0.00616 e. The normalized spacial score (nSPS) is 13.1. The van der Waals surface area contributed by atoms with Gasteiger partial charge in [0.05, 0.1) is 0 Å². The Kier molecular flexibility index (Phi) is 18.6. The third kappa shape index (κ3) is 7.80. The van der Waals surface area contributed by atoms with Crippen LogP contribution in [0.5, 0.6) is 0 Å². The summed E-state index contributed by atoms with van der Waals surface area (Å²) in [5, 5.41) is 0. The Hall–Kier alpha value is 0.413. The molecule has 1 aromatic carbocycles. The quantitative estimate of drug-likeness (QED) is 0.558. The number of likely N-dealkylation sites (N-methyl/N-ethyl adjacent to an activating group) is 1. The van der Waals surface area contributed by atoms with E-state index >= 15 is 0 Å². The molecule has 0 N–H and O–H groups in total. The maximum Gasteiger partial charge on any atom is 0.00616 e. The van der Waals surface area contributed by atoms with Crippen molar-refractivity contribution in [1.82, 2.24) is 4.90 Å². The average molecular weight is 441 g/mol. The van der Waals surface area contributed by atoms with Crippen LogP contribution in [0.4, 0.5) is 0 Å². The van der Waals surface area contributed by atoms with Gasteiger partial charge in [-0.1, -0.05) is 44.2 Å². The second-order valence-electron chi connectivity index (χ2n) is 4.69. The van der Waals surface area contributed by atoms with Crippen LogP contribution in [0.3, 0.4) is 0 Å². The van der Waals surface area contributed by atoms with Gasteiger partial charge in [0.25, 0.3) is 0 Å². The number of rotatable bonds is 6. The number of hydrogen-bond donors (Lipinski definition) is 0. The summed E-state index contributed by atoms with van der Waals surface area (Å²) in [6.45, 7) is 7.76. The summed E-state index contributed by atoms with van der Waals surface area (Å²) < 4.78 is 0. The summed E-state index contributed by atoms with van der Waals surface area (Å²) >= 11 is 0. The predicted molar refractivity (Wildman–Crippen MR) is 99.2 cm³/mol. The Balaban J connectivity index is -0.000000902. The van der Waals surface area contributed by atoms with Gasteiger partial charge in [0.15, 0.2) is 0 Å². The first-order valence-electron chi connectivity index (χ1n) is 6.89. The number of nitrogens with zero attached hydrogens (tertiary/aromatic N) is 1. The molecule has 0 radical (unpaired) electrons. The van der Waals surface area contributed by atoms with Crippen LogP contribution in [-0.4, -0.2) is 24.5 Å². The largest absolute Gasteiger partial charge is 0.303 e. The van der Waals surface area contributed by atoms with E-state index in [-0.39, 0.29) is 63.4 Å². The van der Waals surface area contributed by atoms with Crippen LogP contribution in [0, 0.1) is 6.08 Å². The van der Waals surface area contributed by atoms with Gasteiger partial charge in [0.1, 0.15) is 0 Å². The minimum absolute atomic E-state index is 0. The van der Waals surface area contributed by atoms with Crippen molar-refractivity contribution in [2.75, 3.05) is 19.6 Å². The van der Waals surface area contributed by atoms with Gasteiger partial charge in [-0.3, -0.25) is 6.08 Å². The van der Waals surface area contributed by atoms with Crippen molar-refractivity contribution in [2.24, 2.45) is 0 Å². The number of halogens is 3. The Labute approximate surface area is 173 Å². The molecule has 0 spiro atoms. The molecule has 22 heavy (non-hydrogen) atoms. The zero-order valence-electron chi connectivity index (χ0n) is 13.1. The molecule has 124 valence electrons. The molecular formula is C17H25Cl3NZr-. The van der Waals surface area contributed by atoms with Gasteiger partial charge in [0, 0.05) is 32.7 Å². The summed E-state index contributed by atoms with van der Waals surface area (Å²) in [6, 6.07) is 10.8. The van der Waals surface area contributed by atoms with E-state index in [1.54, 1.807) is 0 Å². The summed E-state index contributed by atoms with van der Waals surface area (Å²) in [5.74, 6) is 0.463. The molecule has 0 saturated heterocycles. The molecule has 0 saturated carbocycles. The number of allylic oxidation sites excluding steroid dienone is 3. The van der Waals surface area contributed by atoms with Crippen LogP contribution in [0.25, 0.3) is 0 Å². The average Bonchev–Trinajstić information content (AvgIpc) is 2.95. The fourth-order valence-corrected chi connectivity index (χ4v) is 2.47. The summed E-state index contributed by atoms with van der Waals surface area (Å²) in [6.07, 6.45) is 8.90. The van der Waals surface area contributed by atoms with E-state index in [1.807, 2.05) is 0 Å². The molecule has 1 aromatic rings. The standard InChI is InChI=1S/C17H22N.3ClH.Zr/c1-3-18(4-2)14-17(16-12-8-9-13-16)15-10-6-5-7-11-15;;;;/h5-8,10-12,17H,3-4,9,14H2,1-2H3;3*1H;/q-1;;;;. The molecule has 0 heterocycles. The predicted octanol–water partition coefficient (Wildman–Crippen LogP) is 5.06. The molecule has 1 nitrogen and oxygen atoms in total. The van der Waals surface area contributed by atoms with E-state index in [0.29, 0.717) is 5.92 Å². The monoisotopic (exact) mass is 438 g/mol. The van der Waals surface area contributed by atoms with Crippen molar-refractivity contribution in [2.45, 2.75) is 26.2 Å². The van der Waals surface area contributed by atoms with Crippen molar-refractivity contribution < 1.29 is 26.2 Å². The second-order valence-corrected chi connectivity index (χ2v) is 4.69. The van der Waals surface area contributed by atoms with Crippen molar-refractivity contribution in [3.8, 4) is 0 Å². The number of hydrogen-bond acceptors (Lipinski definition) is 1. The Morgan fingerprint density at radius 1 is 1.05 bits per heavy atom. The topological polar surface area (TPSA) is 3.24 Å². The molecule has 0 bridgehead atoms. The molecule has 1 unspecified atom stereocenters. The van der Waals surface area contributed by atoms with E-state index in [0.717, 1.165) is 26.1 Å². The van der Waals surface area contributed by atoms with Gasteiger partial charge < -0.3 is 4.90 Å². The SMILES string of the molecule is CCN(CC)CC(C1=[C-]CC=C1)c1ccccc1.Cl.Cl.Cl.[Zr]. The molecule has 1 aliphatic rings. The molecule has 1 atom stereocenters. The molecule has 1 aliphatic carbocycles. The van der Waals surface area contributed by atoms with Crippen LogP contribution < -0.4 is 0 Å². The Bertz CT molecular complexity index is 431. The first-order valence-corrected chi connectivity index (χ1v) is 6.89. The van der Waals surface area contributed by atoms with Crippen LogP contribution >= 0.6 is 37.2 Å². The van der Waals surface area contributed by atoms with E-state index < -0.39 is 0 Å². The van der Waals surface area contributed by atoms with Crippen LogP contribution in [0.15, 0.2) is 48.1 Å². The summed E-state index contributed by atoms with van der Waals surface area (Å²) in [5.41, 5.74) is 2.76. The molecular weight excluding hydrogens is 416 g/mol. The molecule has 0 amide bonds. The van der Waals surface area contributed by atoms with Gasteiger partial charge in [-0.25, -0.2) is 11.6 Å². The van der Waals surface area contributed by atoms with Gasteiger partial charge in [-0.2, -0.15) is 6.08 Å². The van der Waals surface area contributed by atoms with Crippen molar-refractivity contribution in [3.05, 3.63) is 59.7 Å². The first kappa shape index (κ1) is 27.3. The van der Waals surface area contributed by atoms with Gasteiger partial charge in [-0.15, -0.1) is 43.6 Å². The van der Waals surface area contributed by atoms with Crippen LogP contribution in [-0.2, 0) is 26.2 Å². The fraction of sp³-hybridized carbons (Fsp3) is 0.412. The van der Waals surface area contributed by atoms with Crippen molar-refractivity contribution in [1.29, 1.82) is 0 Å². The fourth-order valence-electron chi connectivity index (χ4n) is 2.47. The van der Waals surface area contributed by atoms with Gasteiger partial charge in [0.2, 0.25) is 0 Å². The van der Waals surface area contributed by atoms with Crippen molar-refractivity contribution in [3.63, 3.8) is 0 Å². The van der Waals surface area contributed by atoms with Crippen molar-refractivity contribution >= 4 is 37.2 Å². The minimum atomic E-state index is 0. The Morgan fingerprint density at radius 3 is 2.09 bits per heavy atom. The summed E-state index contributed by atoms with van der Waals surface area (Å²) in [4.78, 5) is 2.48.